The first kappa shape index (κ1) is 20.6. The first-order valence-corrected chi connectivity index (χ1v) is 10.5. The van der Waals surface area contributed by atoms with Crippen LogP contribution in [0, 0.1) is 19.8 Å². The number of nitrogens with zero attached hydrogens (tertiary/aromatic N) is 5. The largest absolute Gasteiger partial charge is 0.354 e. The second kappa shape index (κ2) is 8.62. The number of rotatable bonds is 4. The van der Waals surface area contributed by atoms with E-state index < -0.39 is 0 Å². The molecule has 1 aliphatic heterocycles. The standard InChI is InChI=1S/C21H22Cl2N6O/c1-13-8-14(2)29(27-13)20-6-5-19(25-26-20)28-7-3-4-15(12-28)21(30)24-18-10-16(22)9-17(23)11-18/h5-6,8-11,15H,3-4,7,12H2,1-2H3,(H,24,30). The minimum absolute atomic E-state index is 0.0507. The van der Waals surface area contributed by atoms with Gasteiger partial charge in [-0.15, -0.1) is 10.2 Å². The van der Waals surface area contributed by atoms with Crippen LogP contribution in [0.4, 0.5) is 11.5 Å². The molecule has 9 heteroatoms. The smallest absolute Gasteiger partial charge is 0.229 e. The summed E-state index contributed by atoms with van der Waals surface area (Å²) in [6.07, 6.45) is 1.71. The molecule has 4 rings (SSSR count). The Morgan fingerprint density at radius 3 is 2.40 bits per heavy atom. The van der Waals surface area contributed by atoms with E-state index in [0.29, 0.717) is 28.1 Å². The first-order valence-electron chi connectivity index (χ1n) is 9.78. The number of aryl methyl sites for hydroxylation is 2. The number of carbonyl (C=O) groups excluding carboxylic acids is 1. The Labute approximate surface area is 185 Å². The molecular weight excluding hydrogens is 423 g/mol. The summed E-state index contributed by atoms with van der Waals surface area (Å²) in [5.41, 5.74) is 2.54. The van der Waals surface area contributed by atoms with Gasteiger partial charge in [0, 0.05) is 34.5 Å². The summed E-state index contributed by atoms with van der Waals surface area (Å²) in [6.45, 7) is 5.34. The minimum Gasteiger partial charge on any atom is -0.354 e. The molecule has 3 heterocycles. The molecule has 7 nitrogen and oxygen atoms in total. The van der Waals surface area contributed by atoms with Crippen LogP contribution in [0.1, 0.15) is 24.2 Å². The van der Waals surface area contributed by atoms with E-state index >= 15 is 0 Å². The topological polar surface area (TPSA) is 75.9 Å². The van der Waals surface area contributed by atoms with Crippen LogP contribution in [-0.2, 0) is 4.79 Å². The number of hydrogen-bond acceptors (Lipinski definition) is 5. The van der Waals surface area contributed by atoms with Crippen LogP contribution in [0.3, 0.4) is 0 Å². The van der Waals surface area contributed by atoms with Gasteiger partial charge in [-0.1, -0.05) is 23.2 Å². The molecule has 156 valence electrons. The third-order valence-corrected chi connectivity index (χ3v) is 5.55. The van der Waals surface area contributed by atoms with Crippen molar-refractivity contribution in [3.63, 3.8) is 0 Å². The second-order valence-electron chi connectivity index (χ2n) is 7.52. The molecule has 0 radical (unpaired) electrons. The maximum absolute atomic E-state index is 12.8. The van der Waals surface area contributed by atoms with Crippen LogP contribution >= 0.6 is 23.2 Å². The van der Waals surface area contributed by atoms with Crippen LogP contribution in [0.25, 0.3) is 5.82 Å². The van der Waals surface area contributed by atoms with Gasteiger partial charge in [-0.3, -0.25) is 4.79 Å². The maximum Gasteiger partial charge on any atom is 0.229 e. The quantitative estimate of drug-likeness (QED) is 0.643. The van der Waals surface area contributed by atoms with E-state index in [1.165, 1.54) is 0 Å². The number of piperidine rings is 1. The van der Waals surface area contributed by atoms with E-state index in [2.05, 4.69) is 25.5 Å². The van der Waals surface area contributed by atoms with E-state index in [-0.39, 0.29) is 11.8 Å². The highest BCUT2D eigenvalue weighted by atomic mass is 35.5. The van der Waals surface area contributed by atoms with Crippen molar-refractivity contribution in [2.24, 2.45) is 5.92 Å². The molecule has 1 aliphatic rings. The average molecular weight is 445 g/mol. The monoisotopic (exact) mass is 444 g/mol. The molecule has 30 heavy (non-hydrogen) atoms. The minimum atomic E-state index is -0.158. The number of aromatic nitrogens is 4. The Kier molecular flexibility index (Phi) is 5.92. The lowest BCUT2D eigenvalue weighted by Crippen LogP contribution is -2.41. The molecule has 3 aromatic rings. The van der Waals surface area contributed by atoms with E-state index in [1.54, 1.807) is 22.9 Å². The SMILES string of the molecule is Cc1cc(C)n(-c2ccc(N3CCCC(C(=O)Nc4cc(Cl)cc(Cl)c4)C3)nn2)n1. The van der Waals surface area contributed by atoms with Gasteiger partial charge < -0.3 is 10.2 Å². The summed E-state index contributed by atoms with van der Waals surface area (Å²) >= 11 is 12.1. The average Bonchev–Trinajstić information content (AvgIpc) is 3.05. The number of anilines is 2. The van der Waals surface area contributed by atoms with Crippen molar-refractivity contribution in [3.8, 4) is 5.82 Å². The number of hydrogen-bond donors (Lipinski definition) is 1. The Hall–Kier alpha value is -2.64. The molecule has 1 fully saturated rings. The predicted molar refractivity (Wildman–Crippen MR) is 119 cm³/mol. The summed E-state index contributed by atoms with van der Waals surface area (Å²) in [5.74, 6) is 1.22. The van der Waals surface area contributed by atoms with Gasteiger partial charge in [0.2, 0.25) is 5.91 Å². The van der Waals surface area contributed by atoms with Gasteiger partial charge in [0.15, 0.2) is 11.6 Å². The molecule has 0 aliphatic carbocycles. The second-order valence-corrected chi connectivity index (χ2v) is 8.39. The third-order valence-electron chi connectivity index (χ3n) is 5.11. The molecule has 1 unspecified atom stereocenters. The van der Waals surface area contributed by atoms with Crippen LogP contribution in [0.15, 0.2) is 36.4 Å². The lowest BCUT2D eigenvalue weighted by Gasteiger charge is -2.32. The maximum atomic E-state index is 12.8. The first-order chi connectivity index (χ1) is 14.4. The molecule has 0 spiro atoms. The fourth-order valence-electron chi connectivity index (χ4n) is 3.73. The summed E-state index contributed by atoms with van der Waals surface area (Å²) < 4.78 is 1.77. The van der Waals surface area contributed by atoms with Crippen molar-refractivity contribution in [2.45, 2.75) is 26.7 Å². The van der Waals surface area contributed by atoms with Gasteiger partial charge >= 0.3 is 0 Å². The number of benzene rings is 1. The van der Waals surface area contributed by atoms with Crippen molar-refractivity contribution in [3.05, 3.63) is 57.8 Å². The Morgan fingerprint density at radius 1 is 1.07 bits per heavy atom. The molecular formula is C21H22Cl2N6O. The van der Waals surface area contributed by atoms with E-state index in [0.717, 1.165) is 36.6 Å². The summed E-state index contributed by atoms with van der Waals surface area (Å²) in [6, 6.07) is 10.8. The van der Waals surface area contributed by atoms with Crippen LogP contribution in [-0.4, -0.2) is 39.0 Å². The number of carbonyl (C=O) groups is 1. The zero-order valence-electron chi connectivity index (χ0n) is 16.8. The zero-order valence-corrected chi connectivity index (χ0v) is 18.3. The Balaban J connectivity index is 1.44. The van der Waals surface area contributed by atoms with Crippen molar-refractivity contribution in [2.75, 3.05) is 23.3 Å². The molecule has 2 aromatic heterocycles. The highest BCUT2D eigenvalue weighted by molar-refractivity contribution is 6.35. The Bertz CT molecular complexity index is 1050. The van der Waals surface area contributed by atoms with Crippen LogP contribution < -0.4 is 10.2 Å². The van der Waals surface area contributed by atoms with Crippen LogP contribution in [0.5, 0.6) is 0 Å². The molecule has 1 aromatic carbocycles. The van der Waals surface area contributed by atoms with Gasteiger partial charge in [-0.25, -0.2) is 4.68 Å². The molecule has 1 N–H and O–H groups in total. The summed E-state index contributed by atoms with van der Waals surface area (Å²) in [7, 11) is 0. The van der Waals surface area contributed by atoms with Crippen molar-refractivity contribution < 1.29 is 4.79 Å². The van der Waals surface area contributed by atoms with Crippen molar-refractivity contribution in [1.82, 2.24) is 20.0 Å². The van der Waals surface area contributed by atoms with E-state index in [1.807, 2.05) is 32.0 Å². The highest BCUT2D eigenvalue weighted by Gasteiger charge is 2.27. The van der Waals surface area contributed by atoms with E-state index in [9.17, 15) is 4.79 Å². The van der Waals surface area contributed by atoms with Gasteiger partial charge in [0.1, 0.15) is 0 Å². The highest BCUT2D eigenvalue weighted by Crippen LogP contribution is 2.26. The Morgan fingerprint density at radius 2 is 1.77 bits per heavy atom. The lowest BCUT2D eigenvalue weighted by atomic mass is 9.97. The fourth-order valence-corrected chi connectivity index (χ4v) is 4.26. The molecule has 1 atom stereocenters. The zero-order chi connectivity index (χ0) is 21.3. The molecule has 0 bridgehead atoms. The fraction of sp³-hybridized carbons (Fsp3) is 0.333. The van der Waals surface area contributed by atoms with Gasteiger partial charge in [-0.05, 0) is 63.1 Å². The summed E-state index contributed by atoms with van der Waals surface area (Å²) in [5, 5.41) is 17.0. The van der Waals surface area contributed by atoms with Crippen LogP contribution in [0.2, 0.25) is 10.0 Å². The predicted octanol–water partition coefficient (Wildman–Crippen LogP) is 4.44. The molecule has 1 amide bonds. The third kappa shape index (κ3) is 4.57. The summed E-state index contributed by atoms with van der Waals surface area (Å²) in [4.78, 5) is 14.9. The van der Waals surface area contributed by atoms with Gasteiger partial charge in [0.25, 0.3) is 0 Å². The number of halogens is 2. The number of nitrogens with one attached hydrogen (secondary N) is 1. The molecule has 1 saturated heterocycles. The van der Waals surface area contributed by atoms with Gasteiger partial charge in [-0.2, -0.15) is 5.10 Å². The normalized spacial score (nSPS) is 16.5. The van der Waals surface area contributed by atoms with Gasteiger partial charge in [0.05, 0.1) is 11.6 Å². The van der Waals surface area contributed by atoms with E-state index in [4.69, 9.17) is 23.2 Å². The van der Waals surface area contributed by atoms with Crippen molar-refractivity contribution in [1.29, 1.82) is 0 Å². The molecule has 0 saturated carbocycles. The lowest BCUT2D eigenvalue weighted by molar-refractivity contribution is -0.120. The number of amides is 1. The van der Waals surface area contributed by atoms with Crippen molar-refractivity contribution >= 4 is 40.6 Å².